The molecule has 166 valence electrons. The number of amides is 4. The fourth-order valence-electron chi connectivity index (χ4n) is 2.25. The van der Waals surface area contributed by atoms with E-state index in [1.165, 1.54) is 13.8 Å². The zero-order valence-corrected chi connectivity index (χ0v) is 17.0. The van der Waals surface area contributed by atoms with Crippen molar-refractivity contribution in [2.45, 2.75) is 70.8 Å². The van der Waals surface area contributed by atoms with Crippen LogP contribution in [0, 0.1) is 5.92 Å². The lowest BCUT2D eigenvalue weighted by atomic mass is 10.0. The summed E-state index contributed by atoms with van der Waals surface area (Å²) in [5.41, 5.74) is 10.6. The van der Waals surface area contributed by atoms with Crippen molar-refractivity contribution < 1.29 is 34.2 Å². The average molecular weight is 417 g/mol. The number of hydrogen-bond donors (Lipinski definition) is 7. The van der Waals surface area contributed by atoms with E-state index in [1.807, 2.05) is 0 Å². The van der Waals surface area contributed by atoms with Crippen molar-refractivity contribution >= 4 is 29.6 Å². The molecule has 9 N–H and O–H groups in total. The molecule has 12 heteroatoms. The second-order valence-electron chi connectivity index (χ2n) is 7.14. The molecule has 0 rings (SSSR count). The first-order valence-electron chi connectivity index (χ1n) is 9.13. The van der Waals surface area contributed by atoms with Crippen molar-refractivity contribution in [2.75, 3.05) is 0 Å². The maximum absolute atomic E-state index is 12.3. The minimum atomic E-state index is -1.44. The predicted molar refractivity (Wildman–Crippen MR) is 102 cm³/mol. The summed E-state index contributed by atoms with van der Waals surface area (Å²) in [5, 5.41) is 25.8. The van der Waals surface area contributed by atoms with E-state index in [2.05, 4.69) is 16.0 Å². The first-order valence-corrected chi connectivity index (χ1v) is 9.13. The van der Waals surface area contributed by atoms with Gasteiger partial charge in [0.1, 0.15) is 18.1 Å². The number of nitrogens with one attached hydrogen (secondary N) is 3. The highest BCUT2D eigenvalue weighted by Gasteiger charge is 2.32. The summed E-state index contributed by atoms with van der Waals surface area (Å²) in [6.07, 6.45) is -1.43. The molecule has 12 nitrogen and oxygen atoms in total. The van der Waals surface area contributed by atoms with E-state index in [-0.39, 0.29) is 12.8 Å². The Bertz CT molecular complexity index is 623. The molecular weight excluding hydrogens is 386 g/mol. The van der Waals surface area contributed by atoms with Gasteiger partial charge in [0, 0.05) is 6.42 Å². The molecule has 0 spiro atoms. The highest BCUT2D eigenvalue weighted by molar-refractivity contribution is 5.94. The Hall–Kier alpha value is -2.73. The number of rotatable bonds is 12. The predicted octanol–water partition coefficient (Wildman–Crippen LogP) is -2.83. The summed E-state index contributed by atoms with van der Waals surface area (Å²) in [6, 6.07) is -4.82. The summed E-state index contributed by atoms with van der Waals surface area (Å²) in [5.74, 6) is -4.68. The lowest BCUT2D eigenvalue weighted by Gasteiger charge is -2.26. The number of aliphatic hydroxyl groups excluding tert-OH is 1. The molecule has 0 aromatic rings. The van der Waals surface area contributed by atoms with Crippen LogP contribution in [0.2, 0.25) is 0 Å². The Labute approximate surface area is 168 Å². The number of carboxylic acid groups (broad SMARTS) is 1. The largest absolute Gasteiger partial charge is 0.480 e. The molecule has 0 aromatic heterocycles. The maximum atomic E-state index is 12.3. The van der Waals surface area contributed by atoms with Crippen molar-refractivity contribution in [1.82, 2.24) is 16.0 Å². The van der Waals surface area contributed by atoms with Gasteiger partial charge in [-0.2, -0.15) is 0 Å². The number of nitrogens with two attached hydrogens (primary N) is 2. The van der Waals surface area contributed by atoms with Crippen LogP contribution < -0.4 is 27.4 Å². The number of carboxylic acids is 1. The fraction of sp³-hybridized carbons (Fsp3) is 0.706. The normalized spacial score (nSPS) is 16.1. The summed E-state index contributed by atoms with van der Waals surface area (Å²) < 4.78 is 0. The van der Waals surface area contributed by atoms with Gasteiger partial charge < -0.3 is 37.6 Å². The lowest BCUT2D eigenvalue weighted by Crippen LogP contribution is -2.59. The van der Waals surface area contributed by atoms with Crippen LogP contribution in [0.5, 0.6) is 0 Å². The summed E-state index contributed by atoms with van der Waals surface area (Å²) >= 11 is 0. The summed E-state index contributed by atoms with van der Waals surface area (Å²) in [4.78, 5) is 58.6. The summed E-state index contributed by atoms with van der Waals surface area (Å²) in [7, 11) is 0. The number of primary amides is 1. The van der Waals surface area contributed by atoms with E-state index in [1.54, 1.807) is 13.8 Å². The second kappa shape index (κ2) is 12.0. The van der Waals surface area contributed by atoms with E-state index in [9.17, 15) is 29.1 Å². The number of aliphatic hydroxyl groups is 1. The minimum absolute atomic E-state index is 0.0000102. The van der Waals surface area contributed by atoms with Gasteiger partial charge >= 0.3 is 5.97 Å². The topological polar surface area (TPSA) is 214 Å². The highest BCUT2D eigenvalue weighted by Crippen LogP contribution is 2.04. The fourth-order valence-corrected chi connectivity index (χ4v) is 2.25. The molecular formula is C17H31N5O7. The zero-order chi connectivity index (χ0) is 22.9. The number of hydrogen-bond acceptors (Lipinski definition) is 7. The van der Waals surface area contributed by atoms with E-state index in [0.29, 0.717) is 0 Å². The molecule has 0 heterocycles. The molecule has 5 atom stereocenters. The third-order valence-corrected chi connectivity index (χ3v) is 4.08. The van der Waals surface area contributed by atoms with Crippen molar-refractivity contribution in [2.24, 2.45) is 17.4 Å². The molecule has 0 aromatic carbocycles. The van der Waals surface area contributed by atoms with Crippen LogP contribution in [0.1, 0.15) is 40.5 Å². The van der Waals surface area contributed by atoms with Crippen LogP contribution in [-0.2, 0) is 24.0 Å². The first kappa shape index (κ1) is 26.3. The van der Waals surface area contributed by atoms with Crippen LogP contribution in [0.25, 0.3) is 0 Å². The smallest absolute Gasteiger partial charge is 0.326 e. The molecule has 0 saturated carbocycles. The van der Waals surface area contributed by atoms with Gasteiger partial charge in [-0.25, -0.2) is 4.79 Å². The Morgan fingerprint density at radius 1 is 0.862 bits per heavy atom. The lowest BCUT2D eigenvalue weighted by molar-refractivity contribution is -0.144. The van der Waals surface area contributed by atoms with Crippen LogP contribution in [0.4, 0.5) is 0 Å². The average Bonchev–Trinajstić information content (AvgIpc) is 2.60. The Kier molecular flexibility index (Phi) is 10.8. The Morgan fingerprint density at radius 3 is 1.79 bits per heavy atom. The van der Waals surface area contributed by atoms with E-state index in [0.717, 1.165) is 0 Å². The third kappa shape index (κ3) is 9.34. The van der Waals surface area contributed by atoms with Gasteiger partial charge in [0.25, 0.3) is 0 Å². The van der Waals surface area contributed by atoms with Crippen molar-refractivity contribution in [3.63, 3.8) is 0 Å². The second-order valence-corrected chi connectivity index (χ2v) is 7.14. The van der Waals surface area contributed by atoms with Gasteiger partial charge in [-0.1, -0.05) is 13.8 Å². The molecule has 0 bridgehead atoms. The van der Waals surface area contributed by atoms with Crippen LogP contribution >= 0.6 is 0 Å². The molecule has 0 aliphatic carbocycles. The molecule has 0 fully saturated rings. The van der Waals surface area contributed by atoms with Crippen LogP contribution in [0.3, 0.4) is 0 Å². The monoisotopic (exact) mass is 417 g/mol. The molecule has 5 unspecified atom stereocenters. The SMILES string of the molecule is CC(NC(=O)C(N)CCC(N)=O)C(=O)NC(C(=O)NC(C(=O)O)C(C)C)C(C)O. The molecule has 0 aliphatic rings. The van der Waals surface area contributed by atoms with Gasteiger partial charge in [-0.15, -0.1) is 0 Å². The molecule has 4 amide bonds. The van der Waals surface area contributed by atoms with Gasteiger partial charge in [0.05, 0.1) is 12.1 Å². The third-order valence-electron chi connectivity index (χ3n) is 4.08. The summed E-state index contributed by atoms with van der Waals surface area (Å²) in [6.45, 7) is 5.76. The quantitative estimate of drug-likeness (QED) is 0.175. The standard InChI is InChI=1S/C17H31N5O7/c1-7(2)12(17(28)29)21-16(27)13(9(4)23)22-14(25)8(3)20-15(26)10(18)5-6-11(19)24/h7-10,12-13,23H,5-6,18H2,1-4H3,(H2,19,24)(H,20,26)(H,21,27)(H,22,25)(H,28,29). The minimum Gasteiger partial charge on any atom is -0.480 e. The van der Waals surface area contributed by atoms with E-state index >= 15 is 0 Å². The molecule has 0 radical (unpaired) electrons. The number of carbonyl (C=O) groups excluding carboxylic acids is 4. The van der Waals surface area contributed by atoms with Gasteiger partial charge in [-0.05, 0) is 26.2 Å². The number of aliphatic carboxylic acids is 1. The highest BCUT2D eigenvalue weighted by atomic mass is 16.4. The molecule has 0 saturated heterocycles. The Balaban J connectivity index is 4.96. The van der Waals surface area contributed by atoms with Gasteiger partial charge in [-0.3, -0.25) is 19.2 Å². The van der Waals surface area contributed by atoms with Crippen LogP contribution in [0.15, 0.2) is 0 Å². The number of carbonyl (C=O) groups is 5. The van der Waals surface area contributed by atoms with Crippen molar-refractivity contribution in [1.29, 1.82) is 0 Å². The zero-order valence-electron chi connectivity index (χ0n) is 17.0. The van der Waals surface area contributed by atoms with Gasteiger partial charge in [0.15, 0.2) is 0 Å². The van der Waals surface area contributed by atoms with Crippen molar-refractivity contribution in [3.05, 3.63) is 0 Å². The Morgan fingerprint density at radius 2 is 1.38 bits per heavy atom. The van der Waals surface area contributed by atoms with E-state index < -0.39 is 65.8 Å². The molecule has 29 heavy (non-hydrogen) atoms. The van der Waals surface area contributed by atoms with E-state index in [4.69, 9.17) is 16.6 Å². The maximum Gasteiger partial charge on any atom is 0.326 e. The first-order chi connectivity index (χ1) is 13.3. The van der Waals surface area contributed by atoms with Crippen molar-refractivity contribution in [3.8, 4) is 0 Å². The van der Waals surface area contributed by atoms with Gasteiger partial charge in [0.2, 0.25) is 23.6 Å². The molecule has 0 aliphatic heterocycles. The van der Waals surface area contributed by atoms with Crippen LogP contribution in [-0.4, -0.2) is 70.1 Å².